The monoisotopic (exact) mass is 362 g/mol. The Hall–Kier alpha value is -0.840. The fourth-order valence-electron chi connectivity index (χ4n) is 2.98. The number of hydrogen-bond acceptors (Lipinski definition) is 3. The molecule has 2 aromatic rings. The molecule has 21 heavy (non-hydrogen) atoms. The van der Waals surface area contributed by atoms with Gasteiger partial charge in [0.1, 0.15) is 0 Å². The van der Waals surface area contributed by atoms with Gasteiger partial charge in [-0.05, 0) is 65.5 Å². The summed E-state index contributed by atoms with van der Waals surface area (Å²) in [5.74, 6) is 0. The first kappa shape index (κ1) is 15.1. The molecule has 3 rings (SSSR count). The van der Waals surface area contributed by atoms with E-state index in [1.54, 1.807) is 0 Å². The van der Waals surface area contributed by atoms with Gasteiger partial charge in [-0.1, -0.05) is 24.3 Å². The number of benzene rings is 1. The topological polar surface area (TPSA) is 24.9 Å². The van der Waals surface area contributed by atoms with Gasteiger partial charge in [0, 0.05) is 22.0 Å². The van der Waals surface area contributed by atoms with Crippen molar-refractivity contribution in [3.63, 3.8) is 0 Å². The van der Waals surface area contributed by atoms with E-state index in [9.17, 15) is 0 Å². The lowest BCUT2D eigenvalue weighted by Crippen LogP contribution is -2.27. The SMILES string of the molecule is CNC1c2ccccc2CCCC1Sc1ccc(Br)cn1. The van der Waals surface area contributed by atoms with Crippen LogP contribution in [0, 0.1) is 0 Å². The quantitative estimate of drug-likeness (QED) is 0.807. The van der Waals surface area contributed by atoms with Gasteiger partial charge >= 0.3 is 0 Å². The number of fused-ring (bicyclic) bond motifs is 1. The summed E-state index contributed by atoms with van der Waals surface area (Å²) in [7, 11) is 2.06. The van der Waals surface area contributed by atoms with Crippen molar-refractivity contribution < 1.29 is 0 Å². The second-order valence-electron chi connectivity index (χ2n) is 5.33. The van der Waals surface area contributed by atoms with Crippen LogP contribution in [0.25, 0.3) is 0 Å². The Balaban J connectivity index is 1.86. The van der Waals surface area contributed by atoms with Crippen molar-refractivity contribution in [2.45, 2.75) is 35.6 Å². The normalized spacial score (nSPS) is 21.6. The number of halogens is 1. The van der Waals surface area contributed by atoms with Crippen molar-refractivity contribution in [1.29, 1.82) is 0 Å². The van der Waals surface area contributed by atoms with Crippen molar-refractivity contribution >= 4 is 27.7 Å². The lowest BCUT2D eigenvalue weighted by Gasteiger charge is -2.25. The van der Waals surface area contributed by atoms with E-state index in [1.165, 1.54) is 30.4 Å². The molecule has 1 aliphatic rings. The number of nitrogens with one attached hydrogen (secondary N) is 1. The summed E-state index contributed by atoms with van der Waals surface area (Å²) in [6.07, 6.45) is 5.51. The highest BCUT2D eigenvalue weighted by Gasteiger charge is 2.27. The summed E-state index contributed by atoms with van der Waals surface area (Å²) in [4.78, 5) is 4.52. The summed E-state index contributed by atoms with van der Waals surface area (Å²) in [5, 5.41) is 5.14. The summed E-state index contributed by atoms with van der Waals surface area (Å²) in [6, 6.07) is 13.4. The average Bonchev–Trinajstić information content (AvgIpc) is 2.68. The van der Waals surface area contributed by atoms with Crippen LogP contribution < -0.4 is 5.32 Å². The number of aryl methyl sites for hydroxylation is 1. The summed E-state index contributed by atoms with van der Waals surface area (Å²) in [6.45, 7) is 0. The maximum Gasteiger partial charge on any atom is 0.0964 e. The van der Waals surface area contributed by atoms with Crippen LogP contribution in [0.3, 0.4) is 0 Å². The largest absolute Gasteiger partial charge is 0.312 e. The Kier molecular flexibility index (Phi) is 4.99. The van der Waals surface area contributed by atoms with Crippen LogP contribution in [0.15, 0.2) is 52.1 Å². The van der Waals surface area contributed by atoms with E-state index in [0.717, 1.165) is 9.50 Å². The Labute approximate surface area is 138 Å². The van der Waals surface area contributed by atoms with Gasteiger partial charge in [-0.2, -0.15) is 0 Å². The molecule has 4 heteroatoms. The molecule has 110 valence electrons. The predicted octanol–water partition coefficient (Wildman–Crippen LogP) is 4.60. The van der Waals surface area contributed by atoms with E-state index in [0.29, 0.717) is 11.3 Å². The van der Waals surface area contributed by atoms with Crippen LogP contribution in [0.4, 0.5) is 0 Å². The standard InChI is InChI=1S/C17H19BrN2S/c1-19-17-14-7-3-2-5-12(14)6-4-8-15(17)21-16-10-9-13(18)11-20-16/h2-3,5,7,9-11,15,17,19H,4,6,8H2,1H3. The minimum absolute atomic E-state index is 0.388. The highest BCUT2D eigenvalue weighted by atomic mass is 79.9. The number of nitrogens with zero attached hydrogens (tertiary/aromatic N) is 1. The second-order valence-corrected chi connectivity index (χ2v) is 7.50. The maximum atomic E-state index is 4.52. The number of aromatic nitrogens is 1. The van der Waals surface area contributed by atoms with Gasteiger partial charge in [-0.25, -0.2) is 4.98 Å². The lowest BCUT2D eigenvalue weighted by molar-refractivity contribution is 0.547. The molecule has 0 radical (unpaired) electrons. The van der Waals surface area contributed by atoms with Gasteiger partial charge in [-0.15, -0.1) is 11.8 Å². The number of rotatable bonds is 3. The van der Waals surface area contributed by atoms with Crippen molar-refractivity contribution in [1.82, 2.24) is 10.3 Å². The van der Waals surface area contributed by atoms with E-state index >= 15 is 0 Å². The van der Waals surface area contributed by atoms with Crippen molar-refractivity contribution in [2.75, 3.05) is 7.05 Å². The second kappa shape index (κ2) is 6.95. The molecule has 0 aliphatic heterocycles. The zero-order valence-electron chi connectivity index (χ0n) is 12.1. The zero-order chi connectivity index (χ0) is 14.7. The molecule has 1 N–H and O–H groups in total. The lowest BCUT2D eigenvalue weighted by atomic mass is 9.99. The summed E-state index contributed by atoms with van der Waals surface area (Å²) in [5.41, 5.74) is 2.94. The van der Waals surface area contributed by atoms with Gasteiger partial charge in [0.2, 0.25) is 0 Å². The van der Waals surface area contributed by atoms with E-state index in [1.807, 2.05) is 18.0 Å². The molecule has 1 heterocycles. The minimum atomic E-state index is 0.388. The molecule has 0 saturated carbocycles. The third kappa shape index (κ3) is 3.50. The van der Waals surface area contributed by atoms with Crippen LogP contribution >= 0.6 is 27.7 Å². The van der Waals surface area contributed by atoms with E-state index < -0.39 is 0 Å². The Morgan fingerprint density at radius 2 is 2.10 bits per heavy atom. The van der Waals surface area contributed by atoms with Gasteiger partial charge in [-0.3, -0.25) is 0 Å². The third-order valence-electron chi connectivity index (χ3n) is 3.98. The van der Waals surface area contributed by atoms with Crippen LogP contribution in [0.1, 0.15) is 30.0 Å². The Bertz CT molecular complexity index is 600. The van der Waals surface area contributed by atoms with Crippen LogP contribution in [-0.4, -0.2) is 17.3 Å². The first-order valence-electron chi connectivity index (χ1n) is 7.31. The fraction of sp³-hybridized carbons (Fsp3) is 0.353. The van der Waals surface area contributed by atoms with E-state index in [-0.39, 0.29) is 0 Å². The molecule has 0 spiro atoms. The smallest absolute Gasteiger partial charge is 0.0964 e. The molecule has 0 bridgehead atoms. The van der Waals surface area contributed by atoms with Gasteiger partial charge < -0.3 is 5.32 Å². The summed E-state index contributed by atoms with van der Waals surface area (Å²) >= 11 is 5.33. The molecule has 1 aromatic heterocycles. The van der Waals surface area contributed by atoms with Crippen LogP contribution in [0.2, 0.25) is 0 Å². The predicted molar refractivity (Wildman–Crippen MR) is 92.8 cm³/mol. The Morgan fingerprint density at radius 3 is 2.86 bits per heavy atom. The van der Waals surface area contributed by atoms with Crippen molar-refractivity contribution in [2.24, 2.45) is 0 Å². The number of pyridine rings is 1. The van der Waals surface area contributed by atoms with E-state index in [4.69, 9.17) is 0 Å². The van der Waals surface area contributed by atoms with Crippen molar-refractivity contribution in [3.8, 4) is 0 Å². The molecule has 1 aromatic carbocycles. The zero-order valence-corrected chi connectivity index (χ0v) is 14.5. The van der Waals surface area contributed by atoms with Gasteiger partial charge in [0.15, 0.2) is 0 Å². The first-order valence-corrected chi connectivity index (χ1v) is 8.98. The number of thioether (sulfide) groups is 1. The molecule has 2 atom stereocenters. The average molecular weight is 363 g/mol. The molecule has 2 nitrogen and oxygen atoms in total. The minimum Gasteiger partial charge on any atom is -0.312 e. The molecule has 0 saturated heterocycles. The molecular weight excluding hydrogens is 344 g/mol. The fourth-order valence-corrected chi connectivity index (χ4v) is 4.49. The molecule has 2 unspecified atom stereocenters. The van der Waals surface area contributed by atoms with Crippen LogP contribution in [0.5, 0.6) is 0 Å². The molecule has 1 aliphatic carbocycles. The van der Waals surface area contributed by atoms with E-state index in [2.05, 4.69) is 69.7 Å². The van der Waals surface area contributed by atoms with Crippen LogP contribution in [-0.2, 0) is 6.42 Å². The summed E-state index contributed by atoms with van der Waals surface area (Å²) < 4.78 is 1.03. The highest BCUT2D eigenvalue weighted by Crippen LogP contribution is 2.38. The third-order valence-corrected chi connectivity index (χ3v) is 5.74. The van der Waals surface area contributed by atoms with Gasteiger partial charge in [0.25, 0.3) is 0 Å². The molecule has 0 fully saturated rings. The number of hydrogen-bond donors (Lipinski definition) is 1. The maximum absolute atomic E-state index is 4.52. The Morgan fingerprint density at radius 1 is 1.24 bits per heavy atom. The molecule has 0 amide bonds. The molecular formula is C17H19BrN2S. The van der Waals surface area contributed by atoms with Crippen molar-refractivity contribution in [3.05, 3.63) is 58.2 Å². The van der Waals surface area contributed by atoms with Gasteiger partial charge in [0.05, 0.1) is 5.03 Å². The first-order chi connectivity index (χ1) is 10.3. The highest BCUT2D eigenvalue weighted by molar-refractivity contribution is 9.10.